The van der Waals surface area contributed by atoms with E-state index < -0.39 is 0 Å². The van der Waals surface area contributed by atoms with Crippen LogP contribution < -0.4 is 14.2 Å². The number of carbonyl (C=O) groups is 1. The van der Waals surface area contributed by atoms with Crippen LogP contribution in [0.2, 0.25) is 0 Å². The molecule has 1 amide bonds. The van der Waals surface area contributed by atoms with Gasteiger partial charge in [-0.15, -0.1) is 0 Å². The van der Waals surface area contributed by atoms with Gasteiger partial charge >= 0.3 is 0 Å². The molecule has 0 radical (unpaired) electrons. The van der Waals surface area contributed by atoms with Crippen LogP contribution in [0.5, 0.6) is 17.2 Å². The molecule has 4 rings (SSSR count). The Hall–Kier alpha value is -3.48. The van der Waals surface area contributed by atoms with Crippen LogP contribution in [0.25, 0.3) is 16.9 Å². The normalized spacial score (nSPS) is 12.7. The number of aryl methyl sites for hydroxylation is 1. The second-order valence-corrected chi connectivity index (χ2v) is 10.2. The Kier molecular flexibility index (Phi) is 6.54. The van der Waals surface area contributed by atoms with Gasteiger partial charge in [0, 0.05) is 29.8 Å². The highest BCUT2D eigenvalue weighted by molar-refractivity contribution is 5.97. The van der Waals surface area contributed by atoms with E-state index >= 15 is 0 Å². The van der Waals surface area contributed by atoms with E-state index in [9.17, 15) is 4.79 Å². The number of amides is 1. The van der Waals surface area contributed by atoms with E-state index in [-0.39, 0.29) is 17.6 Å². The summed E-state index contributed by atoms with van der Waals surface area (Å²) in [6, 6.07) is 11.8. The van der Waals surface area contributed by atoms with E-state index in [1.54, 1.807) is 19.1 Å². The topological polar surface area (TPSA) is 65.8 Å². The third kappa shape index (κ3) is 4.59. The van der Waals surface area contributed by atoms with Gasteiger partial charge in [0.1, 0.15) is 5.75 Å². The summed E-state index contributed by atoms with van der Waals surface area (Å²) in [7, 11) is 5.13. The summed E-state index contributed by atoms with van der Waals surface area (Å²) in [6.45, 7) is 10.0. The Balaban J connectivity index is 1.98. The summed E-state index contributed by atoms with van der Waals surface area (Å²) in [5.74, 6) is 2.01. The van der Waals surface area contributed by atoms with Gasteiger partial charge in [-0.1, -0.05) is 6.07 Å². The number of aromatic nitrogens is 2. The third-order valence-electron chi connectivity index (χ3n) is 6.45. The molecule has 1 aliphatic carbocycles. The quantitative estimate of drug-likeness (QED) is 0.481. The van der Waals surface area contributed by atoms with E-state index in [4.69, 9.17) is 19.3 Å². The molecule has 35 heavy (non-hydrogen) atoms. The summed E-state index contributed by atoms with van der Waals surface area (Å²) in [6.07, 6.45) is 1.48. The molecular weight excluding hydrogens is 442 g/mol. The van der Waals surface area contributed by atoms with Crippen LogP contribution in [0.4, 0.5) is 0 Å². The Labute approximate surface area is 207 Å². The zero-order valence-corrected chi connectivity index (χ0v) is 21.9. The maximum atomic E-state index is 13.6. The zero-order chi connectivity index (χ0) is 25.5. The molecule has 1 aromatic heterocycles. The van der Waals surface area contributed by atoms with Crippen LogP contribution in [0.3, 0.4) is 0 Å². The first kappa shape index (κ1) is 24.6. The average Bonchev–Trinajstić information content (AvgIpc) is 3.22. The zero-order valence-electron chi connectivity index (χ0n) is 21.9. The maximum absolute atomic E-state index is 13.6. The van der Waals surface area contributed by atoms with Crippen molar-refractivity contribution in [1.82, 2.24) is 14.7 Å². The first-order valence-electron chi connectivity index (χ1n) is 12.0. The predicted molar refractivity (Wildman–Crippen MR) is 137 cm³/mol. The number of hydrogen-bond acceptors (Lipinski definition) is 5. The highest BCUT2D eigenvalue weighted by atomic mass is 16.5. The number of benzene rings is 2. The number of nitrogens with zero attached hydrogens (tertiary/aromatic N) is 3. The van der Waals surface area contributed by atoms with Crippen LogP contribution in [0.1, 0.15) is 56.2 Å². The van der Waals surface area contributed by atoms with Crippen molar-refractivity contribution >= 4 is 5.91 Å². The second-order valence-electron chi connectivity index (χ2n) is 10.2. The standard InChI is InChI=1S/C28H35N3O4/c1-17(2)35-24-16-22-18(14-23(24)34-8)12-13-21-25(27(32)30(6)28(3,4)5)29-31(26(21)22)19-10-9-11-20(15-19)33-7/h9-11,14-17H,12-13H2,1-8H3. The van der Waals surface area contributed by atoms with Gasteiger partial charge in [-0.05, 0) is 77.3 Å². The van der Waals surface area contributed by atoms with Crippen molar-refractivity contribution < 1.29 is 19.0 Å². The van der Waals surface area contributed by atoms with E-state index in [1.165, 1.54) is 0 Å². The van der Waals surface area contributed by atoms with Gasteiger partial charge < -0.3 is 19.1 Å². The van der Waals surface area contributed by atoms with Crippen molar-refractivity contribution in [3.63, 3.8) is 0 Å². The monoisotopic (exact) mass is 477 g/mol. The first-order valence-corrected chi connectivity index (χ1v) is 12.0. The molecule has 0 fully saturated rings. The highest BCUT2D eigenvalue weighted by Gasteiger charge is 2.33. The van der Waals surface area contributed by atoms with Gasteiger partial charge in [0.25, 0.3) is 5.91 Å². The number of carbonyl (C=O) groups excluding carboxylic acids is 1. The number of hydrogen-bond donors (Lipinski definition) is 0. The van der Waals surface area contributed by atoms with Crippen molar-refractivity contribution in [2.45, 2.75) is 59.1 Å². The fourth-order valence-corrected chi connectivity index (χ4v) is 4.32. The molecule has 0 saturated carbocycles. The molecule has 186 valence electrons. The minimum Gasteiger partial charge on any atom is -0.497 e. The molecule has 1 heterocycles. The molecule has 2 aromatic carbocycles. The van der Waals surface area contributed by atoms with E-state index in [1.807, 2.05) is 82.7 Å². The van der Waals surface area contributed by atoms with E-state index in [0.717, 1.165) is 40.2 Å². The van der Waals surface area contributed by atoms with Crippen molar-refractivity contribution in [1.29, 1.82) is 0 Å². The fourth-order valence-electron chi connectivity index (χ4n) is 4.32. The first-order chi connectivity index (χ1) is 16.5. The molecule has 1 aliphatic rings. The van der Waals surface area contributed by atoms with Crippen molar-refractivity contribution in [2.75, 3.05) is 21.3 Å². The van der Waals surface area contributed by atoms with E-state index in [2.05, 4.69) is 0 Å². The number of rotatable bonds is 6. The molecule has 0 atom stereocenters. The average molecular weight is 478 g/mol. The molecular formula is C28H35N3O4. The summed E-state index contributed by atoms with van der Waals surface area (Å²) >= 11 is 0. The molecule has 0 saturated heterocycles. The van der Waals surface area contributed by atoms with Crippen LogP contribution >= 0.6 is 0 Å². The Bertz CT molecular complexity index is 1250. The number of fused-ring (bicyclic) bond motifs is 3. The van der Waals surface area contributed by atoms with Gasteiger partial charge in [-0.2, -0.15) is 5.10 Å². The number of methoxy groups -OCH3 is 2. The largest absolute Gasteiger partial charge is 0.497 e. The van der Waals surface area contributed by atoms with Gasteiger partial charge in [0.15, 0.2) is 17.2 Å². The SMILES string of the molecule is COc1cccc(-n2nc(C(=O)N(C)C(C)(C)C)c3c2-c2cc(OC(C)C)c(OC)cc2CC3)c1. The third-order valence-corrected chi connectivity index (χ3v) is 6.45. The second kappa shape index (κ2) is 9.29. The Morgan fingerprint density at radius 3 is 2.43 bits per heavy atom. The summed E-state index contributed by atoms with van der Waals surface area (Å²) in [4.78, 5) is 15.4. The minimum absolute atomic E-state index is 0.00844. The molecule has 0 spiro atoms. The van der Waals surface area contributed by atoms with Crippen molar-refractivity contribution in [3.8, 4) is 34.2 Å². The molecule has 0 aliphatic heterocycles. The summed E-state index contributed by atoms with van der Waals surface area (Å²) in [5.41, 5.74) is 4.96. The lowest BCUT2D eigenvalue weighted by molar-refractivity contribution is 0.0648. The number of ether oxygens (including phenoxy) is 3. The summed E-state index contributed by atoms with van der Waals surface area (Å²) in [5, 5.41) is 4.90. The lowest BCUT2D eigenvalue weighted by Crippen LogP contribution is -2.43. The van der Waals surface area contributed by atoms with Gasteiger partial charge in [-0.25, -0.2) is 4.68 Å². The smallest absolute Gasteiger partial charge is 0.274 e. The van der Waals surface area contributed by atoms with Crippen molar-refractivity contribution in [3.05, 3.63) is 53.2 Å². The molecule has 7 nitrogen and oxygen atoms in total. The minimum atomic E-state index is -0.331. The van der Waals surface area contributed by atoms with Crippen LogP contribution in [0.15, 0.2) is 36.4 Å². The fraction of sp³-hybridized carbons (Fsp3) is 0.429. The predicted octanol–water partition coefficient (Wildman–Crippen LogP) is 5.31. The van der Waals surface area contributed by atoms with Crippen LogP contribution in [-0.4, -0.2) is 53.5 Å². The van der Waals surface area contributed by atoms with Gasteiger partial charge in [-0.3, -0.25) is 4.79 Å². The molecule has 0 unspecified atom stereocenters. The Morgan fingerprint density at radius 2 is 1.80 bits per heavy atom. The van der Waals surface area contributed by atoms with Crippen LogP contribution in [-0.2, 0) is 12.8 Å². The Morgan fingerprint density at radius 1 is 1.06 bits per heavy atom. The van der Waals surface area contributed by atoms with Crippen LogP contribution in [0, 0.1) is 0 Å². The van der Waals surface area contributed by atoms with E-state index in [0.29, 0.717) is 23.6 Å². The molecule has 7 heteroatoms. The highest BCUT2D eigenvalue weighted by Crippen LogP contribution is 2.43. The van der Waals surface area contributed by atoms with Crippen molar-refractivity contribution in [2.24, 2.45) is 0 Å². The molecule has 3 aromatic rings. The lowest BCUT2D eigenvalue weighted by Gasteiger charge is -2.31. The maximum Gasteiger partial charge on any atom is 0.274 e. The summed E-state index contributed by atoms with van der Waals surface area (Å²) < 4.78 is 19.1. The van der Waals surface area contributed by atoms with Gasteiger partial charge in [0.2, 0.25) is 0 Å². The molecule has 0 bridgehead atoms. The lowest BCUT2D eigenvalue weighted by atomic mass is 9.88. The van der Waals surface area contributed by atoms with Gasteiger partial charge in [0.05, 0.1) is 31.7 Å². The molecule has 0 N–H and O–H groups in total.